The number of hydrogen-bond donors (Lipinski definition) is 2. The van der Waals surface area contributed by atoms with Crippen LogP contribution in [0.25, 0.3) is 10.6 Å². The van der Waals surface area contributed by atoms with Crippen LogP contribution in [0.2, 0.25) is 5.02 Å². The van der Waals surface area contributed by atoms with Crippen molar-refractivity contribution in [3.63, 3.8) is 0 Å². The highest BCUT2D eigenvalue weighted by Gasteiger charge is 2.15. The first-order valence-electron chi connectivity index (χ1n) is 6.92. The van der Waals surface area contributed by atoms with Crippen LogP contribution in [0.1, 0.15) is 10.6 Å². The lowest BCUT2D eigenvalue weighted by molar-refractivity contribution is 0.302. The van der Waals surface area contributed by atoms with Crippen molar-refractivity contribution in [2.45, 2.75) is 10.8 Å². The van der Waals surface area contributed by atoms with Gasteiger partial charge in [0.1, 0.15) is 23.2 Å². The van der Waals surface area contributed by atoms with Crippen molar-refractivity contribution in [1.29, 1.82) is 5.41 Å². The summed E-state index contributed by atoms with van der Waals surface area (Å²) < 4.78 is 6.84. The Morgan fingerprint density at radius 3 is 2.72 bits per heavy atom. The molecule has 2 heterocycles. The molecule has 3 rings (SSSR count). The van der Waals surface area contributed by atoms with Gasteiger partial charge in [0.15, 0.2) is 0 Å². The van der Waals surface area contributed by atoms with Gasteiger partial charge in [-0.3, -0.25) is 5.41 Å². The fraction of sp³-hybridized carbons (Fsp3) is 0.125. The van der Waals surface area contributed by atoms with E-state index in [9.17, 15) is 0 Å². The molecule has 0 unspecified atom stereocenters. The molecule has 1 aromatic carbocycles. The van der Waals surface area contributed by atoms with E-state index in [2.05, 4.69) is 4.98 Å². The molecule has 3 N–H and O–H groups in total. The minimum Gasteiger partial charge on any atom is -0.487 e. The van der Waals surface area contributed by atoms with E-state index in [1.807, 2.05) is 29.8 Å². The third kappa shape index (κ3) is 4.89. The predicted molar refractivity (Wildman–Crippen MR) is 111 cm³/mol. The zero-order valence-electron chi connectivity index (χ0n) is 13.1. The number of rotatable bonds is 6. The summed E-state index contributed by atoms with van der Waals surface area (Å²) in [5.74, 6) is 0.845. The average molecular weight is 432 g/mol. The molecule has 0 saturated heterocycles. The summed E-state index contributed by atoms with van der Waals surface area (Å²) in [5, 5.41) is 11.2. The van der Waals surface area contributed by atoms with E-state index in [-0.39, 0.29) is 18.2 Å². The number of benzene rings is 1. The zero-order valence-corrected chi connectivity index (χ0v) is 17.1. The minimum absolute atomic E-state index is 0. The molecule has 0 aliphatic heterocycles. The van der Waals surface area contributed by atoms with Crippen LogP contribution in [0.5, 0.6) is 5.75 Å². The molecule has 132 valence electrons. The Labute approximate surface area is 169 Å². The van der Waals surface area contributed by atoms with Crippen molar-refractivity contribution < 1.29 is 4.74 Å². The van der Waals surface area contributed by atoms with Crippen molar-refractivity contribution in [3.8, 4) is 16.3 Å². The van der Waals surface area contributed by atoms with Crippen LogP contribution in [-0.2, 0) is 6.61 Å². The minimum atomic E-state index is 0. The van der Waals surface area contributed by atoms with Crippen LogP contribution in [-0.4, -0.2) is 17.1 Å². The van der Waals surface area contributed by atoms with Crippen LogP contribution >= 0.6 is 58.4 Å². The Kier molecular flexibility index (Phi) is 7.15. The second kappa shape index (κ2) is 8.91. The molecule has 0 amide bonds. The van der Waals surface area contributed by atoms with Gasteiger partial charge in [0.2, 0.25) is 0 Å². The zero-order chi connectivity index (χ0) is 17.1. The Morgan fingerprint density at radius 2 is 2.08 bits per heavy atom. The third-order valence-corrected chi connectivity index (χ3v) is 6.61. The molecule has 4 nitrogen and oxygen atoms in total. The molecular weight excluding hydrogens is 417 g/mol. The normalized spacial score (nSPS) is 10.3. The molecule has 25 heavy (non-hydrogen) atoms. The topological polar surface area (TPSA) is 72.0 Å². The molecule has 3 aromatic rings. The van der Waals surface area contributed by atoms with Crippen LogP contribution in [0, 0.1) is 5.41 Å². The van der Waals surface area contributed by atoms with Gasteiger partial charge in [0.05, 0.1) is 14.8 Å². The number of hydrogen-bond acceptors (Lipinski definition) is 6. The molecule has 0 saturated carbocycles. The molecule has 9 heteroatoms. The van der Waals surface area contributed by atoms with Crippen molar-refractivity contribution in [3.05, 3.63) is 51.3 Å². The summed E-state index contributed by atoms with van der Waals surface area (Å²) in [6.45, 7) is 0.399. The summed E-state index contributed by atoms with van der Waals surface area (Å²) >= 11 is 10.6. The van der Waals surface area contributed by atoms with E-state index in [1.54, 1.807) is 35.2 Å². The van der Waals surface area contributed by atoms with Gasteiger partial charge >= 0.3 is 0 Å². The molecule has 0 aliphatic rings. The highest BCUT2D eigenvalue weighted by molar-refractivity contribution is 8.00. The molecule has 0 bridgehead atoms. The largest absolute Gasteiger partial charge is 0.487 e. The number of aromatic nitrogens is 1. The number of thiazole rings is 1. The predicted octanol–water partition coefficient (Wildman–Crippen LogP) is 5.53. The number of amidine groups is 1. The number of thiophene rings is 1. The number of nitrogens with two attached hydrogens (primary N) is 1. The van der Waals surface area contributed by atoms with Crippen molar-refractivity contribution >= 4 is 64.3 Å². The quantitative estimate of drug-likeness (QED) is 0.305. The molecule has 0 aliphatic carbocycles. The Balaban J connectivity index is 0.00000225. The highest BCUT2D eigenvalue weighted by Crippen LogP contribution is 2.39. The van der Waals surface area contributed by atoms with Crippen molar-refractivity contribution in [2.24, 2.45) is 5.73 Å². The van der Waals surface area contributed by atoms with Crippen LogP contribution in [0.15, 0.2) is 39.9 Å². The Bertz CT molecular complexity index is 862. The van der Waals surface area contributed by atoms with E-state index in [0.717, 1.165) is 31.1 Å². The smallest absolute Gasteiger partial charge is 0.133 e. The van der Waals surface area contributed by atoms with Gasteiger partial charge in [-0.1, -0.05) is 11.6 Å². The lowest BCUT2D eigenvalue weighted by Crippen LogP contribution is -2.08. The van der Waals surface area contributed by atoms with Crippen molar-refractivity contribution in [2.75, 3.05) is 6.26 Å². The van der Waals surface area contributed by atoms with E-state index in [4.69, 9.17) is 27.5 Å². The number of halogens is 2. The van der Waals surface area contributed by atoms with E-state index < -0.39 is 0 Å². The molecule has 0 fully saturated rings. The number of thioether (sulfide) groups is 1. The SMILES string of the molecule is CSc1sc(C(=N)N)cc1-c1nc(COc2ccc(Cl)cc2)cs1.Cl. The maximum Gasteiger partial charge on any atom is 0.133 e. The van der Waals surface area contributed by atoms with Gasteiger partial charge in [-0.2, -0.15) is 0 Å². The lowest BCUT2D eigenvalue weighted by Gasteiger charge is -2.03. The molecule has 0 atom stereocenters. The molecular formula is C16H15Cl2N3OS3. The summed E-state index contributed by atoms with van der Waals surface area (Å²) in [6, 6.07) is 9.19. The summed E-state index contributed by atoms with van der Waals surface area (Å²) in [7, 11) is 0. The van der Waals surface area contributed by atoms with Gasteiger partial charge in [0, 0.05) is 16.0 Å². The van der Waals surface area contributed by atoms with E-state index >= 15 is 0 Å². The molecule has 2 aromatic heterocycles. The van der Waals surface area contributed by atoms with Crippen LogP contribution in [0.4, 0.5) is 0 Å². The Hall–Kier alpha value is -1.25. The number of nitrogens with zero attached hydrogens (tertiary/aromatic N) is 1. The summed E-state index contributed by atoms with van der Waals surface area (Å²) in [5.41, 5.74) is 7.49. The molecule has 0 spiro atoms. The number of ether oxygens (including phenoxy) is 1. The van der Waals surface area contributed by atoms with Gasteiger partial charge < -0.3 is 10.5 Å². The third-order valence-electron chi connectivity index (χ3n) is 3.13. The second-order valence-electron chi connectivity index (χ2n) is 4.82. The van der Waals surface area contributed by atoms with E-state index in [0.29, 0.717) is 11.6 Å². The van der Waals surface area contributed by atoms with Crippen LogP contribution in [0.3, 0.4) is 0 Å². The van der Waals surface area contributed by atoms with Gasteiger partial charge in [-0.15, -0.1) is 46.8 Å². The summed E-state index contributed by atoms with van der Waals surface area (Å²) in [4.78, 5) is 5.41. The highest BCUT2D eigenvalue weighted by atomic mass is 35.5. The average Bonchev–Trinajstić information content (AvgIpc) is 3.20. The maximum absolute atomic E-state index is 7.60. The van der Waals surface area contributed by atoms with Crippen LogP contribution < -0.4 is 10.5 Å². The summed E-state index contributed by atoms with van der Waals surface area (Å²) in [6.07, 6.45) is 2.01. The lowest BCUT2D eigenvalue weighted by atomic mass is 10.3. The standard InChI is InChI=1S/C16H14ClN3OS3.ClH/c1-22-16-12(6-13(24-16)14(18)19)15-20-10(8-23-15)7-21-11-4-2-9(17)3-5-11;/h2-6,8H,7H2,1H3,(H3,18,19);1H. The first-order valence-corrected chi connectivity index (χ1v) is 10.2. The second-order valence-corrected chi connectivity index (χ2v) is 8.24. The monoisotopic (exact) mass is 431 g/mol. The van der Waals surface area contributed by atoms with Gasteiger partial charge in [-0.25, -0.2) is 4.98 Å². The van der Waals surface area contributed by atoms with Gasteiger partial charge in [0.25, 0.3) is 0 Å². The Morgan fingerprint density at radius 1 is 1.36 bits per heavy atom. The molecule has 0 radical (unpaired) electrons. The fourth-order valence-electron chi connectivity index (χ4n) is 1.99. The van der Waals surface area contributed by atoms with Crippen molar-refractivity contribution in [1.82, 2.24) is 4.98 Å². The number of nitrogen functional groups attached to an aromatic ring is 1. The first kappa shape index (κ1) is 20.1. The van der Waals surface area contributed by atoms with E-state index in [1.165, 1.54) is 11.3 Å². The fourth-order valence-corrected chi connectivity index (χ4v) is 4.80. The van der Waals surface area contributed by atoms with Gasteiger partial charge in [-0.05, 0) is 36.6 Å². The first-order chi connectivity index (χ1) is 11.6. The maximum atomic E-state index is 7.60. The number of nitrogens with one attached hydrogen (secondary N) is 1.